The van der Waals surface area contributed by atoms with Gasteiger partial charge in [0.1, 0.15) is 17.3 Å². The number of anilines is 1. The molecule has 1 aromatic heterocycles. The van der Waals surface area contributed by atoms with Crippen LogP contribution in [-0.4, -0.2) is 29.1 Å². The second kappa shape index (κ2) is 7.51. The van der Waals surface area contributed by atoms with Crippen LogP contribution in [0.4, 0.5) is 5.82 Å². The van der Waals surface area contributed by atoms with Crippen LogP contribution in [0, 0.1) is 13.8 Å². The molecule has 0 saturated carbocycles. The summed E-state index contributed by atoms with van der Waals surface area (Å²) in [6, 6.07) is 14.8. The molecule has 3 aromatic rings. The zero-order chi connectivity index (χ0) is 21.4. The Morgan fingerprint density at radius 2 is 1.83 bits per heavy atom. The molecule has 1 atom stereocenters. The third-order valence-electron chi connectivity index (χ3n) is 5.04. The molecule has 30 heavy (non-hydrogen) atoms. The van der Waals surface area contributed by atoms with Crippen molar-refractivity contribution in [2.75, 3.05) is 12.0 Å². The number of carbonyl (C=O) groups excluding carboxylic acids is 2. The summed E-state index contributed by atoms with van der Waals surface area (Å²) < 4.78 is 10.4. The van der Waals surface area contributed by atoms with Gasteiger partial charge in [-0.2, -0.15) is 0 Å². The van der Waals surface area contributed by atoms with Crippen LogP contribution in [0.15, 0.2) is 64.7 Å². The second-order valence-electron chi connectivity index (χ2n) is 7.11. The predicted octanol–water partition coefficient (Wildman–Crippen LogP) is 3.93. The first-order valence-electron chi connectivity index (χ1n) is 9.36. The summed E-state index contributed by atoms with van der Waals surface area (Å²) in [6.07, 6.45) is 0. The molecule has 0 bridgehead atoms. The fourth-order valence-corrected chi connectivity index (χ4v) is 3.53. The molecule has 7 heteroatoms. The number of ketones is 1. The van der Waals surface area contributed by atoms with Crippen molar-refractivity contribution in [2.24, 2.45) is 0 Å². The molecule has 1 saturated heterocycles. The quantitative estimate of drug-likeness (QED) is 0.402. The van der Waals surface area contributed by atoms with Gasteiger partial charge in [-0.1, -0.05) is 47.1 Å². The Morgan fingerprint density at radius 3 is 2.47 bits per heavy atom. The van der Waals surface area contributed by atoms with Gasteiger partial charge in [0.2, 0.25) is 0 Å². The smallest absolute Gasteiger partial charge is 0.301 e. The van der Waals surface area contributed by atoms with Crippen LogP contribution in [0.5, 0.6) is 5.75 Å². The van der Waals surface area contributed by atoms with Crippen molar-refractivity contribution in [1.82, 2.24) is 5.16 Å². The summed E-state index contributed by atoms with van der Waals surface area (Å²) in [5, 5.41) is 15.0. The minimum absolute atomic E-state index is 0.0160. The maximum absolute atomic E-state index is 13.0. The molecule has 7 nitrogen and oxygen atoms in total. The molecule has 0 spiro atoms. The highest BCUT2D eigenvalue weighted by molar-refractivity contribution is 6.51. The predicted molar refractivity (Wildman–Crippen MR) is 110 cm³/mol. The zero-order valence-corrected chi connectivity index (χ0v) is 16.7. The molecule has 0 radical (unpaired) electrons. The summed E-state index contributed by atoms with van der Waals surface area (Å²) in [4.78, 5) is 27.2. The fourth-order valence-electron chi connectivity index (χ4n) is 3.53. The van der Waals surface area contributed by atoms with Gasteiger partial charge in [-0.3, -0.25) is 14.5 Å². The number of hydrogen-bond acceptors (Lipinski definition) is 6. The number of rotatable bonds is 4. The van der Waals surface area contributed by atoms with Gasteiger partial charge in [-0.05, 0) is 31.5 Å². The van der Waals surface area contributed by atoms with Gasteiger partial charge >= 0.3 is 5.91 Å². The van der Waals surface area contributed by atoms with E-state index in [2.05, 4.69) is 5.16 Å². The third-order valence-corrected chi connectivity index (χ3v) is 5.04. The molecule has 2 heterocycles. The summed E-state index contributed by atoms with van der Waals surface area (Å²) in [5.41, 5.74) is 2.04. The van der Waals surface area contributed by atoms with Crippen molar-refractivity contribution >= 4 is 23.3 Å². The highest BCUT2D eigenvalue weighted by Gasteiger charge is 2.48. The first-order chi connectivity index (χ1) is 14.4. The summed E-state index contributed by atoms with van der Waals surface area (Å²) in [6.45, 7) is 3.62. The molecule has 1 amide bonds. The fraction of sp³-hybridized carbons (Fsp3) is 0.174. The Labute approximate surface area is 173 Å². The number of Topliss-reactive ketones (excluding diaryl/α,β-unsaturated/α-hetero) is 1. The highest BCUT2D eigenvalue weighted by atomic mass is 16.5. The van der Waals surface area contributed by atoms with E-state index in [0.717, 1.165) is 5.56 Å². The standard InChI is InChI=1S/C23H20N2O5/c1-13-7-9-15(10-8-13)21(26)19-20(16-5-4-6-17(12-16)29-3)25(23(28)22(19)27)18-11-14(2)30-24-18/h4-12,20,26H,1-3H3/b21-19+/t20-/m0/s1. The number of methoxy groups -OCH3 is 1. The van der Waals surface area contributed by atoms with Gasteiger partial charge in [0.05, 0.1) is 18.7 Å². The number of aliphatic hydroxyl groups excluding tert-OH is 1. The largest absolute Gasteiger partial charge is 0.507 e. The van der Waals surface area contributed by atoms with Crippen LogP contribution in [0.3, 0.4) is 0 Å². The average molecular weight is 404 g/mol. The van der Waals surface area contributed by atoms with E-state index in [0.29, 0.717) is 22.6 Å². The molecule has 0 unspecified atom stereocenters. The first-order valence-corrected chi connectivity index (χ1v) is 9.36. The maximum atomic E-state index is 13.0. The molecule has 1 N–H and O–H groups in total. The average Bonchev–Trinajstić information content (AvgIpc) is 3.29. The number of nitrogens with zero attached hydrogens (tertiary/aromatic N) is 2. The third kappa shape index (κ3) is 3.24. The molecule has 4 rings (SSSR count). The molecule has 1 fully saturated rings. The van der Waals surface area contributed by atoms with Gasteiger partial charge in [-0.15, -0.1) is 0 Å². The summed E-state index contributed by atoms with van der Waals surface area (Å²) in [5.74, 6) is -0.569. The lowest BCUT2D eigenvalue weighted by Gasteiger charge is -2.23. The van der Waals surface area contributed by atoms with Crippen molar-refractivity contribution in [2.45, 2.75) is 19.9 Å². The lowest BCUT2D eigenvalue weighted by Crippen LogP contribution is -2.29. The van der Waals surface area contributed by atoms with Crippen LogP contribution in [0.25, 0.3) is 5.76 Å². The number of hydrogen-bond donors (Lipinski definition) is 1. The van der Waals surface area contributed by atoms with E-state index < -0.39 is 17.7 Å². The molecule has 152 valence electrons. The van der Waals surface area contributed by atoms with E-state index in [1.54, 1.807) is 49.4 Å². The van der Waals surface area contributed by atoms with Crippen LogP contribution in [0.1, 0.15) is 28.5 Å². The summed E-state index contributed by atoms with van der Waals surface area (Å²) >= 11 is 0. The lowest BCUT2D eigenvalue weighted by molar-refractivity contribution is -0.132. The van der Waals surface area contributed by atoms with Gasteiger partial charge < -0.3 is 14.4 Å². The van der Waals surface area contributed by atoms with Crippen molar-refractivity contribution in [3.05, 3.63) is 82.6 Å². The molecule has 2 aromatic carbocycles. The Kier molecular flexibility index (Phi) is 4.87. The number of benzene rings is 2. The van der Waals surface area contributed by atoms with Crippen LogP contribution in [-0.2, 0) is 9.59 Å². The van der Waals surface area contributed by atoms with Gasteiger partial charge in [0, 0.05) is 11.6 Å². The van der Waals surface area contributed by atoms with E-state index in [1.165, 1.54) is 12.0 Å². The van der Waals surface area contributed by atoms with Crippen LogP contribution >= 0.6 is 0 Å². The Morgan fingerprint density at radius 1 is 1.10 bits per heavy atom. The topological polar surface area (TPSA) is 92.9 Å². The minimum Gasteiger partial charge on any atom is -0.507 e. The number of aliphatic hydroxyl groups is 1. The van der Waals surface area contributed by atoms with Gasteiger partial charge in [-0.25, -0.2) is 0 Å². The molecular weight excluding hydrogens is 384 g/mol. The number of ether oxygens (including phenoxy) is 1. The first kappa shape index (κ1) is 19.4. The minimum atomic E-state index is -0.883. The van der Waals surface area contributed by atoms with E-state index in [-0.39, 0.29) is 17.2 Å². The molecule has 1 aliphatic heterocycles. The zero-order valence-electron chi connectivity index (χ0n) is 16.7. The van der Waals surface area contributed by atoms with Crippen LogP contribution < -0.4 is 9.64 Å². The van der Waals surface area contributed by atoms with E-state index in [9.17, 15) is 14.7 Å². The monoisotopic (exact) mass is 404 g/mol. The number of aromatic nitrogens is 1. The number of carbonyl (C=O) groups is 2. The SMILES string of the molecule is COc1cccc([C@H]2/C(=C(\O)c3ccc(C)cc3)C(=O)C(=O)N2c2cc(C)on2)c1. The van der Waals surface area contributed by atoms with E-state index in [4.69, 9.17) is 9.26 Å². The van der Waals surface area contributed by atoms with E-state index >= 15 is 0 Å². The van der Waals surface area contributed by atoms with Crippen molar-refractivity contribution in [3.8, 4) is 5.75 Å². The van der Waals surface area contributed by atoms with Gasteiger partial charge in [0.15, 0.2) is 5.82 Å². The summed E-state index contributed by atoms with van der Waals surface area (Å²) in [7, 11) is 1.53. The van der Waals surface area contributed by atoms with Crippen molar-refractivity contribution in [1.29, 1.82) is 0 Å². The van der Waals surface area contributed by atoms with E-state index in [1.807, 2.05) is 19.1 Å². The Bertz CT molecular complexity index is 1160. The molecule has 1 aliphatic rings. The Balaban J connectivity index is 1.95. The maximum Gasteiger partial charge on any atom is 0.301 e. The lowest BCUT2D eigenvalue weighted by atomic mass is 9.95. The van der Waals surface area contributed by atoms with Crippen molar-refractivity contribution < 1.29 is 24.0 Å². The molecule has 0 aliphatic carbocycles. The van der Waals surface area contributed by atoms with Crippen molar-refractivity contribution in [3.63, 3.8) is 0 Å². The Hall–Kier alpha value is -3.87. The normalized spacial score (nSPS) is 18.1. The van der Waals surface area contributed by atoms with Crippen LogP contribution in [0.2, 0.25) is 0 Å². The van der Waals surface area contributed by atoms with Gasteiger partial charge in [0.25, 0.3) is 5.78 Å². The highest BCUT2D eigenvalue weighted by Crippen LogP contribution is 2.42. The second-order valence-corrected chi connectivity index (χ2v) is 7.11. The number of amides is 1. The number of aryl methyl sites for hydroxylation is 2. The molecular formula is C23H20N2O5.